The first-order chi connectivity index (χ1) is 10.8. The monoisotopic (exact) mass is 337 g/mol. The third kappa shape index (κ3) is 3.68. The van der Waals surface area contributed by atoms with Crippen LogP contribution in [0.25, 0.3) is 0 Å². The van der Waals surface area contributed by atoms with Gasteiger partial charge in [-0.2, -0.15) is 0 Å². The highest BCUT2D eigenvalue weighted by atomic mass is 32.2. The van der Waals surface area contributed by atoms with E-state index in [1.807, 2.05) is 12.1 Å². The Hall–Kier alpha value is -1.56. The molecule has 0 saturated heterocycles. The Bertz CT molecular complexity index is 709. The van der Waals surface area contributed by atoms with Crippen molar-refractivity contribution in [3.05, 3.63) is 29.8 Å². The molecule has 0 radical (unpaired) electrons. The van der Waals surface area contributed by atoms with Crippen molar-refractivity contribution in [3.8, 4) is 0 Å². The quantitative estimate of drug-likeness (QED) is 0.741. The highest BCUT2D eigenvalue weighted by Crippen LogP contribution is 2.49. The number of sulfone groups is 1. The molecule has 3 rings (SSSR count). The summed E-state index contributed by atoms with van der Waals surface area (Å²) in [7, 11) is -1.60. The Morgan fingerprint density at radius 2 is 2.04 bits per heavy atom. The second kappa shape index (κ2) is 5.82. The lowest BCUT2D eigenvalue weighted by Crippen LogP contribution is -2.40. The maximum atomic E-state index is 11.7. The van der Waals surface area contributed by atoms with Crippen LogP contribution in [0.5, 0.6) is 0 Å². The van der Waals surface area contributed by atoms with E-state index in [9.17, 15) is 13.2 Å². The van der Waals surface area contributed by atoms with Crippen molar-refractivity contribution in [2.75, 3.05) is 30.6 Å². The number of hydrogen-bond acceptors (Lipinski definition) is 5. The fraction of sp³-hybridized carbons (Fsp3) is 0.588. The summed E-state index contributed by atoms with van der Waals surface area (Å²) < 4.78 is 28.3. The van der Waals surface area contributed by atoms with E-state index in [1.54, 1.807) is 0 Å². The van der Waals surface area contributed by atoms with Crippen LogP contribution in [0, 0.1) is 5.41 Å². The number of rotatable bonds is 6. The number of nitrogens with zero attached hydrogens (tertiary/aromatic N) is 1. The van der Waals surface area contributed by atoms with Gasteiger partial charge in [-0.25, -0.2) is 8.42 Å². The summed E-state index contributed by atoms with van der Waals surface area (Å²) in [5.41, 5.74) is 2.19. The van der Waals surface area contributed by atoms with Gasteiger partial charge in [-0.05, 0) is 30.9 Å². The zero-order chi connectivity index (χ0) is 16.7. The van der Waals surface area contributed by atoms with Crippen molar-refractivity contribution < 1.29 is 17.9 Å². The van der Waals surface area contributed by atoms with E-state index in [0.717, 1.165) is 24.9 Å². The van der Waals surface area contributed by atoms with Gasteiger partial charge in [0, 0.05) is 29.9 Å². The molecule has 1 atom stereocenters. The zero-order valence-electron chi connectivity index (χ0n) is 13.6. The lowest BCUT2D eigenvalue weighted by molar-refractivity contribution is -0.141. The first-order valence-electron chi connectivity index (χ1n) is 7.91. The smallest absolute Gasteiger partial charge is 0.307 e. The van der Waals surface area contributed by atoms with Gasteiger partial charge in [0.15, 0.2) is 0 Å². The molecule has 126 valence electrons. The lowest BCUT2D eigenvalue weighted by atomic mass is 10.1. The van der Waals surface area contributed by atoms with Crippen LogP contribution in [0.4, 0.5) is 5.69 Å². The van der Waals surface area contributed by atoms with E-state index in [2.05, 4.69) is 17.0 Å². The minimum atomic E-state index is -3.00. The molecule has 0 bridgehead atoms. The number of benzene rings is 1. The molecule has 2 aliphatic rings. The van der Waals surface area contributed by atoms with Gasteiger partial charge in [-0.1, -0.05) is 18.2 Å². The summed E-state index contributed by atoms with van der Waals surface area (Å²) in [6.45, 7) is 0.693. The average Bonchev–Trinajstić information content (AvgIpc) is 3.13. The summed E-state index contributed by atoms with van der Waals surface area (Å²) in [4.78, 5) is 14.0. The molecular formula is C17H23NO4S. The maximum Gasteiger partial charge on any atom is 0.307 e. The first kappa shape index (κ1) is 16.3. The van der Waals surface area contributed by atoms with Crippen molar-refractivity contribution in [3.63, 3.8) is 0 Å². The van der Waals surface area contributed by atoms with E-state index in [1.165, 1.54) is 18.9 Å². The van der Waals surface area contributed by atoms with Crippen LogP contribution in [0.15, 0.2) is 24.3 Å². The van der Waals surface area contributed by atoms with Gasteiger partial charge in [0.2, 0.25) is 0 Å². The number of methoxy groups -OCH3 is 1. The Kier molecular flexibility index (Phi) is 4.12. The van der Waals surface area contributed by atoms with Crippen molar-refractivity contribution in [1.82, 2.24) is 0 Å². The van der Waals surface area contributed by atoms with Crippen LogP contribution in [0.3, 0.4) is 0 Å². The molecule has 0 N–H and O–H groups in total. The molecule has 6 heteroatoms. The highest BCUT2D eigenvalue weighted by Gasteiger charge is 2.48. The Morgan fingerprint density at radius 3 is 2.65 bits per heavy atom. The number of para-hydroxylation sites is 1. The van der Waals surface area contributed by atoms with Gasteiger partial charge in [-0.15, -0.1) is 0 Å². The fourth-order valence-electron chi connectivity index (χ4n) is 3.64. The van der Waals surface area contributed by atoms with E-state index in [0.29, 0.717) is 13.0 Å². The molecule has 1 fully saturated rings. The molecule has 1 saturated carbocycles. The topological polar surface area (TPSA) is 63.7 Å². The van der Waals surface area contributed by atoms with Gasteiger partial charge < -0.3 is 9.64 Å². The molecule has 1 unspecified atom stereocenters. The van der Waals surface area contributed by atoms with E-state index >= 15 is 0 Å². The Morgan fingerprint density at radius 1 is 1.35 bits per heavy atom. The average molecular weight is 337 g/mol. The van der Waals surface area contributed by atoms with E-state index in [-0.39, 0.29) is 23.2 Å². The summed E-state index contributed by atoms with van der Waals surface area (Å²) in [5.74, 6) is 0.00429. The Balaban J connectivity index is 1.82. The first-order valence-corrected chi connectivity index (χ1v) is 9.97. The molecule has 1 aromatic rings. The maximum absolute atomic E-state index is 11.7. The lowest BCUT2D eigenvalue weighted by Gasteiger charge is -2.31. The second-order valence-electron chi connectivity index (χ2n) is 6.96. The number of hydrogen-bond donors (Lipinski definition) is 0. The molecule has 1 aromatic carbocycles. The number of anilines is 1. The van der Waals surface area contributed by atoms with Crippen LogP contribution in [0.1, 0.15) is 24.8 Å². The van der Waals surface area contributed by atoms with Crippen molar-refractivity contribution >= 4 is 21.5 Å². The summed E-state index contributed by atoms with van der Waals surface area (Å²) in [6, 6.07) is 8.18. The number of ether oxygens (including phenoxy) is 1. The molecule has 1 heterocycles. The largest absolute Gasteiger partial charge is 0.469 e. The van der Waals surface area contributed by atoms with Crippen LogP contribution in [0.2, 0.25) is 0 Å². The summed E-state index contributed by atoms with van der Waals surface area (Å²) >= 11 is 0. The number of carbonyl (C=O) groups excluding carboxylic acids is 1. The van der Waals surface area contributed by atoms with Crippen LogP contribution in [-0.2, 0) is 25.8 Å². The van der Waals surface area contributed by atoms with Gasteiger partial charge in [0.05, 0.1) is 19.3 Å². The normalized spacial score (nSPS) is 21.8. The molecule has 0 aromatic heterocycles. The number of carbonyl (C=O) groups is 1. The van der Waals surface area contributed by atoms with E-state index in [4.69, 9.17) is 4.74 Å². The minimum absolute atomic E-state index is 0.0527. The highest BCUT2D eigenvalue weighted by molar-refractivity contribution is 7.90. The van der Waals surface area contributed by atoms with Crippen molar-refractivity contribution in [2.24, 2.45) is 5.41 Å². The molecule has 0 spiro atoms. The van der Waals surface area contributed by atoms with Gasteiger partial charge in [0.25, 0.3) is 0 Å². The molecule has 23 heavy (non-hydrogen) atoms. The molecule has 1 aliphatic carbocycles. The minimum Gasteiger partial charge on any atom is -0.469 e. The molecule has 1 aliphatic heterocycles. The summed E-state index contributed by atoms with van der Waals surface area (Å²) in [5, 5.41) is 0. The van der Waals surface area contributed by atoms with Gasteiger partial charge in [-0.3, -0.25) is 4.79 Å². The van der Waals surface area contributed by atoms with Crippen molar-refractivity contribution in [2.45, 2.75) is 31.7 Å². The number of fused-ring (bicyclic) bond motifs is 1. The van der Waals surface area contributed by atoms with E-state index < -0.39 is 9.84 Å². The molecule has 0 amide bonds. The third-order valence-corrected chi connectivity index (χ3v) is 6.00. The van der Waals surface area contributed by atoms with Crippen LogP contribution >= 0.6 is 0 Å². The van der Waals surface area contributed by atoms with Crippen molar-refractivity contribution in [1.29, 1.82) is 0 Å². The van der Waals surface area contributed by atoms with Crippen LogP contribution < -0.4 is 4.90 Å². The zero-order valence-corrected chi connectivity index (χ0v) is 14.4. The van der Waals surface area contributed by atoms with Gasteiger partial charge in [0.1, 0.15) is 9.84 Å². The standard InChI is InChI=1S/C17H23NO4S/c1-22-16(19)10-14-9-13-5-3-4-6-15(13)18(14)11-17(7-8-17)12-23(2,20)21/h3-6,14H,7-12H2,1-2H3. The summed E-state index contributed by atoms with van der Waals surface area (Å²) in [6.07, 6.45) is 4.31. The SMILES string of the molecule is COC(=O)CC1Cc2ccccc2N1CC1(CS(C)(=O)=O)CC1. The predicted molar refractivity (Wildman–Crippen MR) is 89.3 cm³/mol. The van der Waals surface area contributed by atoms with Crippen LogP contribution in [-0.4, -0.2) is 46.1 Å². The number of esters is 1. The molecular weight excluding hydrogens is 314 g/mol. The third-order valence-electron chi connectivity index (χ3n) is 4.86. The van der Waals surface area contributed by atoms with Gasteiger partial charge >= 0.3 is 5.97 Å². The Labute approximate surface area is 137 Å². The molecule has 5 nitrogen and oxygen atoms in total. The fourth-order valence-corrected chi connectivity index (χ4v) is 5.13. The predicted octanol–water partition coefficient (Wildman–Crippen LogP) is 1.81. The second-order valence-corrected chi connectivity index (χ2v) is 9.11.